The molecule has 0 saturated heterocycles. The van der Waals surface area contributed by atoms with Gasteiger partial charge in [-0.05, 0) is 64.2 Å². The summed E-state index contributed by atoms with van der Waals surface area (Å²) in [5, 5.41) is 13.7. The monoisotopic (exact) mass is 1020 g/mol. The number of amides is 1. The van der Waals surface area contributed by atoms with Crippen LogP contribution in [0.2, 0.25) is 0 Å². The molecular weight excluding hydrogens is 900 g/mol. The topological polar surface area (TPSA) is 108 Å². The van der Waals surface area contributed by atoms with Crippen LogP contribution in [0.4, 0.5) is 0 Å². The minimum absolute atomic E-state index is 0.00647. The minimum atomic E-state index is -4.59. The van der Waals surface area contributed by atoms with Crippen molar-refractivity contribution in [1.29, 1.82) is 0 Å². The number of carbonyl (C=O) groups is 1. The standard InChI is InChI=1S/C62H117N2O6P/c1-6-8-10-12-14-16-17-18-19-20-21-22-23-24-25-26-27-28-29-30-31-32-33-34-35-36-37-38-39-40-41-42-43-44-45-46-47-48-50-52-54-56-62(66)63-60(59-70-71(67,68)69-58-57-64(3,4)5)61(65)55-53-51-49-15-13-11-9-7-2/h13,15,17-18,20-21,23-24,53,55,60-61,65H,6-12,14,16,19,22,25-52,54,56-59H2,1-5H3,(H-,63,66,67,68)/b15-13+,18-17-,21-20-,24-23-,55-53+. The second kappa shape index (κ2) is 53.0. The number of aliphatic hydroxyl groups is 1. The first-order chi connectivity index (χ1) is 34.5. The molecule has 0 aromatic carbocycles. The van der Waals surface area contributed by atoms with Gasteiger partial charge in [0.2, 0.25) is 5.91 Å². The number of likely N-dealkylation sites (N-methyl/N-ethyl adjacent to an activating group) is 1. The van der Waals surface area contributed by atoms with Crippen LogP contribution in [0.25, 0.3) is 0 Å². The second-order valence-electron chi connectivity index (χ2n) is 21.7. The van der Waals surface area contributed by atoms with Crippen LogP contribution in [0.1, 0.15) is 277 Å². The number of phosphoric ester groups is 1. The molecule has 0 heterocycles. The molecule has 0 aromatic rings. The molecule has 1 amide bonds. The predicted octanol–water partition coefficient (Wildman–Crippen LogP) is 17.9. The molecule has 0 saturated carbocycles. The average Bonchev–Trinajstić information content (AvgIpc) is 3.33. The molecule has 0 aliphatic rings. The SMILES string of the molecule is CCCC/C=C/CC/C=C/C(O)C(COP(=O)([O-])OCC[N+](C)(C)C)NC(=O)CCCCCCCCCCCCCCCCCCCCCCCCCCCC/C=C\C/C=C\C/C=C\CCCCCCC. The largest absolute Gasteiger partial charge is 0.756 e. The molecule has 0 aliphatic heterocycles. The number of hydrogen-bond donors (Lipinski definition) is 2. The minimum Gasteiger partial charge on any atom is -0.756 e. The Bertz CT molecular complexity index is 1340. The van der Waals surface area contributed by atoms with Crippen LogP contribution in [0.5, 0.6) is 0 Å². The van der Waals surface area contributed by atoms with Crippen molar-refractivity contribution in [3.8, 4) is 0 Å². The maximum atomic E-state index is 12.9. The van der Waals surface area contributed by atoms with Crippen LogP contribution >= 0.6 is 7.82 Å². The lowest BCUT2D eigenvalue weighted by Crippen LogP contribution is -2.45. The van der Waals surface area contributed by atoms with E-state index < -0.39 is 26.6 Å². The number of nitrogens with one attached hydrogen (secondary N) is 1. The third-order valence-corrected chi connectivity index (χ3v) is 14.4. The van der Waals surface area contributed by atoms with Crippen molar-refractivity contribution < 1.29 is 32.9 Å². The Morgan fingerprint density at radius 2 is 0.845 bits per heavy atom. The first-order valence-corrected chi connectivity index (χ1v) is 31.6. The lowest BCUT2D eigenvalue weighted by Gasteiger charge is -2.29. The molecule has 2 N–H and O–H groups in total. The van der Waals surface area contributed by atoms with E-state index in [0.717, 1.165) is 51.4 Å². The molecule has 0 aliphatic carbocycles. The number of phosphoric acid groups is 1. The first kappa shape index (κ1) is 69.2. The third kappa shape index (κ3) is 55.8. The van der Waals surface area contributed by atoms with Crippen molar-refractivity contribution in [3.05, 3.63) is 60.8 Å². The van der Waals surface area contributed by atoms with E-state index in [1.807, 2.05) is 27.2 Å². The van der Waals surface area contributed by atoms with Gasteiger partial charge in [0.1, 0.15) is 13.2 Å². The molecule has 9 heteroatoms. The number of allylic oxidation sites excluding steroid dienone is 9. The van der Waals surface area contributed by atoms with Crippen LogP contribution in [0.3, 0.4) is 0 Å². The Hall–Kier alpha value is -1.80. The Labute approximate surface area is 441 Å². The fourth-order valence-corrected chi connectivity index (χ4v) is 9.42. The van der Waals surface area contributed by atoms with Gasteiger partial charge in [0, 0.05) is 6.42 Å². The van der Waals surface area contributed by atoms with Crippen LogP contribution < -0.4 is 10.2 Å². The number of aliphatic hydroxyl groups excluding tert-OH is 1. The molecule has 0 spiro atoms. The van der Waals surface area contributed by atoms with Crippen molar-refractivity contribution in [2.24, 2.45) is 0 Å². The summed E-state index contributed by atoms with van der Waals surface area (Å²) < 4.78 is 23.2. The molecule has 0 aromatic heterocycles. The molecule has 0 bridgehead atoms. The van der Waals surface area contributed by atoms with E-state index in [9.17, 15) is 19.4 Å². The van der Waals surface area contributed by atoms with Gasteiger partial charge in [0.05, 0.1) is 39.9 Å². The van der Waals surface area contributed by atoms with Crippen molar-refractivity contribution >= 4 is 13.7 Å². The van der Waals surface area contributed by atoms with Gasteiger partial charge in [-0.3, -0.25) is 9.36 Å². The van der Waals surface area contributed by atoms with Crippen LogP contribution in [0.15, 0.2) is 60.8 Å². The number of carbonyl (C=O) groups excluding carboxylic acids is 1. The predicted molar refractivity (Wildman–Crippen MR) is 307 cm³/mol. The molecule has 3 unspecified atom stereocenters. The number of nitrogens with zero attached hydrogens (tertiary/aromatic N) is 1. The molecule has 0 fully saturated rings. The van der Waals surface area contributed by atoms with Gasteiger partial charge in [0.25, 0.3) is 7.82 Å². The number of rotatable bonds is 55. The summed E-state index contributed by atoms with van der Waals surface area (Å²) >= 11 is 0. The fourth-order valence-electron chi connectivity index (χ4n) is 8.69. The number of hydrogen-bond acceptors (Lipinski definition) is 6. The summed E-state index contributed by atoms with van der Waals surface area (Å²) in [5.41, 5.74) is 0. The van der Waals surface area contributed by atoms with E-state index in [1.165, 1.54) is 205 Å². The highest BCUT2D eigenvalue weighted by Gasteiger charge is 2.23. The third-order valence-electron chi connectivity index (χ3n) is 13.4. The van der Waals surface area contributed by atoms with E-state index >= 15 is 0 Å². The summed E-state index contributed by atoms with van der Waals surface area (Å²) in [5.74, 6) is -0.208. The van der Waals surface area contributed by atoms with Crippen molar-refractivity contribution in [2.75, 3.05) is 40.9 Å². The fraction of sp³-hybridized carbons (Fsp3) is 0.823. The zero-order valence-corrected chi connectivity index (χ0v) is 48.3. The highest BCUT2D eigenvalue weighted by atomic mass is 31.2. The quantitative estimate of drug-likeness (QED) is 0.0272. The van der Waals surface area contributed by atoms with Crippen molar-refractivity contribution in [1.82, 2.24) is 5.32 Å². The van der Waals surface area contributed by atoms with E-state index in [1.54, 1.807) is 6.08 Å². The highest BCUT2D eigenvalue weighted by Crippen LogP contribution is 2.38. The lowest BCUT2D eigenvalue weighted by atomic mass is 10.0. The zero-order valence-electron chi connectivity index (χ0n) is 47.4. The van der Waals surface area contributed by atoms with Gasteiger partial charge in [-0.2, -0.15) is 0 Å². The zero-order chi connectivity index (χ0) is 52.0. The molecule has 0 rings (SSSR count). The summed E-state index contributed by atoms with van der Waals surface area (Å²) in [7, 11) is 1.25. The average molecular weight is 1020 g/mol. The molecule has 8 nitrogen and oxygen atoms in total. The van der Waals surface area contributed by atoms with E-state index in [2.05, 4.69) is 67.8 Å². The van der Waals surface area contributed by atoms with Crippen molar-refractivity contribution in [2.45, 2.75) is 289 Å². The van der Waals surface area contributed by atoms with Gasteiger partial charge >= 0.3 is 0 Å². The van der Waals surface area contributed by atoms with Crippen LogP contribution in [-0.2, 0) is 18.4 Å². The highest BCUT2D eigenvalue weighted by molar-refractivity contribution is 7.45. The maximum absolute atomic E-state index is 12.9. The van der Waals surface area contributed by atoms with E-state index in [4.69, 9.17) is 9.05 Å². The lowest BCUT2D eigenvalue weighted by molar-refractivity contribution is -0.870. The smallest absolute Gasteiger partial charge is 0.268 e. The van der Waals surface area contributed by atoms with Crippen LogP contribution in [0, 0.1) is 0 Å². The van der Waals surface area contributed by atoms with E-state index in [0.29, 0.717) is 17.4 Å². The van der Waals surface area contributed by atoms with Crippen molar-refractivity contribution in [3.63, 3.8) is 0 Å². The molecule has 71 heavy (non-hydrogen) atoms. The van der Waals surface area contributed by atoms with Gasteiger partial charge < -0.3 is 28.8 Å². The summed E-state index contributed by atoms with van der Waals surface area (Å²) in [6, 6.07) is -0.900. The Morgan fingerprint density at radius 3 is 1.28 bits per heavy atom. The Kier molecular flexibility index (Phi) is 51.7. The normalized spacial score (nSPS) is 14.3. The molecule has 3 atom stereocenters. The Balaban J connectivity index is 3.75. The molecular formula is C62H117N2O6P. The Morgan fingerprint density at radius 1 is 0.493 bits per heavy atom. The molecule has 0 radical (unpaired) electrons. The summed E-state index contributed by atoms with van der Waals surface area (Å²) in [6.07, 6.45) is 72.3. The van der Waals surface area contributed by atoms with E-state index in [-0.39, 0.29) is 12.5 Å². The first-order valence-electron chi connectivity index (χ1n) is 30.2. The summed E-state index contributed by atoms with van der Waals surface area (Å²) in [6.45, 7) is 4.54. The summed E-state index contributed by atoms with van der Waals surface area (Å²) in [4.78, 5) is 25.3. The number of quaternary nitrogens is 1. The molecule has 416 valence electrons. The van der Waals surface area contributed by atoms with Gasteiger partial charge in [-0.25, -0.2) is 0 Å². The van der Waals surface area contributed by atoms with Gasteiger partial charge in [-0.15, -0.1) is 0 Å². The number of unbranched alkanes of at least 4 members (excludes halogenated alkanes) is 34. The van der Waals surface area contributed by atoms with Gasteiger partial charge in [-0.1, -0.05) is 267 Å². The van der Waals surface area contributed by atoms with Gasteiger partial charge in [0.15, 0.2) is 0 Å². The second-order valence-corrected chi connectivity index (χ2v) is 23.1. The van der Waals surface area contributed by atoms with Crippen LogP contribution in [-0.4, -0.2) is 68.5 Å². The maximum Gasteiger partial charge on any atom is 0.268 e.